The summed E-state index contributed by atoms with van der Waals surface area (Å²) in [4.78, 5) is 34.5. The first-order chi connectivity index (χ1) is 36.1. The minimum absolute atomic E-state index is 0. The molecule has 76 heavy (non-hydrogen) atoms. The number of ether oxygens (including phenoxy) is 6. The van der Waals surface area contributed by atoms with Gasteiger partial charge in [0, 0.05) is 101 Å². The van der Waals surface area contributed by atoms with Gasteiger partial charge in [-0.2, -0.15) is 0 Å². The maximum Gasteiger partial charge on any atom is 1.00 e. The second kappa shape index (κ2) is 34.6. The van der Waals surface area contributed by atoms with E-state index in [9.17, 15) is 4.21 Å². The summed E-state index contributed by atoms with van der Waals surface area (Å²) in [7, 11) is 3.75. The van der Waals surface area contributed by atoms with Crippen LogP contribution in [0.15, 0.2) is 120 Å². The zero-order valence-electron chi connectivity index (χ0n) is 44.6. The van der Waals surface area contributed by atoms with Crippen molar-refractivity contribution in [3.05, 3.63) is 148 Å². The van der Waals surface area contributed by atoms with Crippen molar-refractivity contribution >= 4 is 79.5 Å². The summed E-state index contributed by atoms with van der Waals surface area (Å²) >= 11 is 12.3. The van der Waals surface area contributed by atoms with E-state index < -0.39 is 10.8 Å². The number of thioether (sulfide) groups is 1. The van der Waals surface area contributed by atoms with Crippen LogP contribution in [0.25, 0.3) is 33.1 Å². The smallest absolute Gasteiger partial charge is 1.00 e. The van der Waals surface area contributed by atoms with Gasteiger partial charge in [0.25, 0.3) is 0 Å². The van der Waals surface area contributed by atoms with Crippen LogP contribution in [-0.2, 0) is 42.4 Å². The number of hydrogen-bond donors (Lipinski definition) is 4. The van der Waals surface area contributed by atoms with Crippen LogP contribution in [0.1, 0.15) is 61.9 Å². The third-order valence-electron chi connectivity index (χ3n) is 11.1. The molecule has 9 rings (SSSR count). The molecule has 0 fully saturated rings. The summed E-state index contributed by atoms with van der Waals surface area (Å²) in [5, 5.41) is 1.37. The minimum Gasteiger partial charge on any atom is -1.00 e. The summed E-state index contributed by atoms with van der Waals surface area (Å²) in [6.45, 7) is 9.91. The molecule has 16 nitrogen and oxygen atoms in total. The molecule has 0 aliphatic rings. The van der Waals surface area contributed by atoms with Gasteiger partial charge < -0.3 is 49.8 Å². The normalized spacial score (nSPS) is 11.0. The molecule has 0 bridgehead atoms. The number of hydrogen-bond acceptors (Lipinski definition) is 14. The van der Waals surface area contributed by atoms with Crippen molar-refractivity contribution < 1.29 is 63.6 Å². The predicted octanol–water partition coefficient (Wildman–Crippen LogP) is 9.49. The number of pyridine rings is 3. The average Bonchev–Trinajstić information content (AvgIpc) is 4.17. The molecule has 0 saturated heterocycles. The number of para-hydroxylation sites is 6. The molecule has 6 heterocycles. The molecule has 1 unspecified atom stereocenters. The third kappa shape index (κ3) is 19.7. The summed E-state index contributed by atoms with van der Waals surface area (Å²) < 4.78 is 45.5. The van der Waals surface area contributed by atoms with Crippen molar-refractivity contribution in [2.75, 3.05) is 61.0 Å². The van der Waals surface area contributed by atoms with Crippen molar-refractivity contribution in [2.45, 2.75) is 75.2 Å². The standard InChI is InChI=1S/C18H21N3O3S.C18H21N3O2S.C11H16ClNO2.C7H6N2S.CH4.Na.H/c1-13-16(19-9-8-17(13)24-11-5-10-23-2)12-25(22)18-20-14-6-3-4-7-15(14)21-18;1-13-16(19-9-8-17(13)23-11-5-10-22-2)12-24-18-20-14-6-3-4-7-15(14)21-18;1-9-10(8-12)13-5-4-11(9)15-7-3-6-14-2;10-7-8-5-3-1-2-4-6(5)9-7;;;/h3-4,6-9H,5,10-12H2,1-2H3,(H,20,21);3-4,6-9H,5,10-12H2,1-2H3,(H,20,21);4-5H,3,6-8H2,1-2H3;1-4H,(H2,8,9,10);1H4;;/q;;;;;+1;-1. The van der Waals surface area contributed by atoms with E-state index in [1.54, 1.807) is 51.7 Å². The number of aromatic nitrogens is 9. The summed E-state index contributed by atoms with van der Waals surface area (Å²) in [6.07, 6.45) is 7.78. The Kier molecular flexibility index (Phi) is 28.8. The fourth-order valence-corrected chi connectivity index (χ4v) is 9.57. The first-order valence-corrected chi connectivity index (χ1v) is 27.2. The number of halogens is 1. The molecule has 0 aliphatic heterocycles. The van der Waals surface area contributed by atoms with E-state index in [-0.39, 0.29) is 38.4 Å². The maximum atomic E-state index is 12.7. The Labute approximate surface area is 485 Å². The molecule has 0 spiro atoms. The Morgan fingerprint density at radius 2 is 0.987 bits per heavy atom. The van der Waals surface area contributed by atoms with Crippen molar-refractivity contribution in [3.63, 3.8) is 0 Å². The van der Waals surface area contributed by atoms with Crippen LogP contribution in [0.5, 0.6) is 17.2 Å². The van der Waals surface area contributed by atoms with Crippen molar-refractivity contribution in [1.29, 1.82) is 0 Å². The number of nitrogens with zero attached hydrogens (tertiary/aromatic N) is 5. The summed E-state index contributed by atoms with van der Waals surface area (Å²) in [5.41, 5.74) is 11.5. The van der Waals surface area contributed by atoms with Crippen LogP contribution in [-0.4, -0.2) is 110 Å². The zero-order valence-corrected chi connectivity index (χ0v) is 48.8. The SMILES string of the molecule is C.COCCCOc1ccnc(CCl)c1C.COCCCOc1ccnc(CS(=O)c2nc3ccccc3[nH]2)c1C.COCCCOc1ccnc(CSc2nc3ccccc3[nH]2)c1C.S=c1[nH]c2ccccc2[nH]1.[H-].[Na+]. The van der Waals surface area contributed by atoms with Crippen LogP contribution in [0.4, 0.5) is 0 Å². The van der Waals surface area contributed by atoms with Gasteiger partial charge in [-0.3, -0.25) is 19.2 Å². The van der Waals surface area contributed by atoms with Crippen molar-refractivity contribution in [3.8, 4) is 17.2 Å². The van der Waals surface area contributed by atoms with E-state index in [0.717, 1.165) is 114 Å². The molecule has 9 aromatic rings. The second-order valence-corrected chi connectivity index (χ2v) is 19.4. The maximum absolute atomic E-state index is 12.7. The Bertz CT molecular complexity index is 3120. The molecule has 21 heteroatoms. The molecule has 0 saturated carbocycles. The second-order valence-electron chi connectivity index (χ2n) is 16.4. The average molecular weight is 1120 g/mol. The van der Waals surface area contributed by atoms with Gasteiger partial charge in [-0.25, -0.2) is 9.97 Å². The number of fused-ring (bicyclic) bond motifs is 3. The number of alkyl halides is 1. The van der Waals surface area contributed by atoms with E-state index in [2.05, 4.69) is 44.9 Å². The van der Waals surface area contributed by atoms with E-state index in [1.165, 1.54) is 0 Å². The number of aromatic amines is 4. The number of rotatable bonds is 22. The van der Waals surface area contributed by atoms with E-state index in [4.69, 9.17) is 52.2 Å². The number of imidazole rings is 3. The topological polar surface area (TPSA) is 200 Å². The Morgan fingerprint density at radius 3 is 1.46 bits per heavy atom. The third-order valence-corrected chi connectivity index (χ3v) is 13.6. The van der Waals surface area contributed by atoms with E-state index >= 15 is 0 Å². The monoisotopic (exact) mass is 1120 g/mol. The van der Waals surface area contributed by atoms with E-state index in [0.29, 0.717) is 61.2 Å². The minimum atomic E-state index is -1.30. The first-order valence-electron chi connectivity index (χ1n) is 23.9. The zero-order chi connectivity index (χ0) is 52.5. The van der Waals surface area contributed by atoms with Gasteiger partial charge in [-0.1, -0.05) is 55.6 Å². The summed E-state index contributed by atoms with van der Waals surface area (Å²) in [5.74, 6) is 3.98. The number of benzene rings is 3. The van der Waals surface area contributed by atoms with Crippen LogP contribution in [0, 0.1) is 25.5 Å². The van der Waals surface area contributed by atoms with Crippen molar-refractivity contribution in [1.82, 2.24) is 44.9 Å². The quantitative estimate of drug-likeness (QED) is 0.0164. The van der Waals surface area contributed by atoms with Gasteiger partial charge in [0.05, 0.1) is 92.4 Å². The molecule has 402 valence electrons. The van der Waals surface area contributed by atoms with E-state index in [1.807, 2.05) is 112 Å². The fraction of sp³-hybridized carbons (Fsp3) is 0.345. The Balaban J connectivity index is 0.000000280. The van der Waals surface area contributed by atoms with Gasteiger partial charge in [-0.05, 0) is 87.6 Å². The molecule has 4 N–H and O–H groups in total. The van der Waals surface area contributed by atoms with Crippen molar-refractivity contribution in [2.24, 2.45) is 0 Å². The van der Waals surface area contributed by atoms with Gasteiger partial charge >= 0.3 is 29.6 Å². The Hall–Kier alpha value is -5.19. The molecule has 0 aliphatic carbocycles. The first kappa shape index (κ1) is 63.3. The molecular weight excluding hydrogens is 1050 g/mol. The van der Waals surface area contributed by atoms with Crippen LogP contribution >= 0.6 is 35.6 Å². The molecule has 3 aromatic carbocycles. The molecule has 6 aromatic heterocycles. The fourth-order valence-electron chi connectivity index (χ4n) is 7.07. The Morgan fingerprint density at radius 1 is 0.566 bits per heavy atom. The van der Waals surface area contributed by atoms with Gasteiger partial charge in [0.2, 0.25) is 0 Å². The number of H-pyrrole nitrogens is 4. The number of nitrogens with one attached hydrogen (secondary N) is 4. The molecule has 0 radical (unpaired) electrons. The van der Waals surface area contributed by atoms with Gasteiger partial charge in [0.1, 0.15) is 17.2 Å². The summed E-state index contributed by atoms with van der Waals surface area (Å²) in [6, 6.07) is 29.2. The molecule has 1 atom stereocenters. The van der Waals surface area contributed by atoms with Crippen LogP contribution in [0.3, 0.4) is 0 Å². The predicted molar refractivity (Wildman–Crippen MR) is 306 cm³/mol. The number of methoxy groups -OCH3 is 3. The molecule has 0 amide bonds. The van der Waals surface area contributed by atoms with Gasteiger partial charge in [0.15, 0.2) is 15.1 Å². The molecular formula is C55H69ClN9NaO7S3. The largest absolute Gasteiger partial charge is 1.00 e. The van der Waals surface area contributed by atoms with Crippen LogP contribution < -0.4 is 43.8 Å². The van der Waals surface area contributed by atoms with Gasteiger partial charge in [-0.15, -0.1) is 11.6 Å². The van der Waals surface area contributed by atoms with Crippen LogP contribution in [0.2, 0.25) is 0 Å².